The highest BCUT2D eigenvalue weighted by molar-refractivity contribution is 5.91. The van der Waals surface area contributed by atoms with E-state index in [1.807, 2.05) is 31.2 Å². The molecule has 0 unspecified atom stereocenters. The van der Waals surface area contributed by atoms with Crippen LogP contribution in [-0.4, -0.2) is 31.5 Å². The average Bonchev–Trinajstić information content (AvgIpc) is 2.93. The zero-order valence-corrected chi connectivity index (χ0v) is 20.6. The van der Waals surface area contributed by atoms with E-state index in [9.17, 15) is 14.4 Å². The van der Waals surface area contributed by atoms with Crippen molar-refractivity contribution in [2.75, 3.05) is 13.6 Å². The molecular weight excluding hydrogens is 488 g/mol. The summed E-state index contributed by atoms with van der Waals surface area (Å²) in [6, 6.07) is 19.3. The van der Waals surface area contributed by atoms with Gasteiger partial charge in [0.25, 0.3) is 0 Å². The second kappa shape index (κ2) is 13.7. The summed E-state index contributed by atoms with van der Waals surface area (Å²) in [4.78, 5) is 34.7. The Morgan fingerprint density at radius 1 is 0.763 bits per heavy atom. The van der Waals surface area contributed by atoms with Gasteiger partial charge < -0.3 is 23.7 Å². The second-order valence-corrected chi connectivity index (χ2v) is 7.55. The third kappa shape index (κ3) is 8.43. The lowest BCUT2D eigenvalue weighted by Crippen LogP contribution is -2.11. The van der Waals surface area contributed by atoms with Crippen LogP contribution in [-0.2, 0) is 23.9 Å². The van der Waals surface area contributed by atoms with E-state index in [-0.39, 0.29) is 18.3 Å². The van der Waals surface area contributed by atoms with Crippen molar-refractivity contribution in [2.24, 2.45) is 0 Å². The van der Waals surface area contributed by atoms with Gasteiger partial charge in [-0.25, -0.2) is 14.4 Å². The normalized spacial score (nSPS) is 9.71. The fourth-order valence-corrected chi connectivity index (χ4v) is 2.95. The van der Waals surface area contributed by atoms with Crippen molar-refractivity contribution in [3.63, 3.8) is 0 Å². The number of aryl methyl sites for hydroxylation is 1. The quantitative estimate of drug-likeness (QED) is 0.126. The maximum atomic E-state index is 12.1. The molecule has 0 radical (unpaired) electrons. The maximum absolute atomic E-state index is 12.1. The lowest BCUT2D eigenvalue weighted by molar-refractivity contribution is -0.146. The zero-order chi connectivity index (χ0) is 27.3. The highest BCUT2D eigenvalue weighted by Gasteiger charge is 2.11. The largest absolute Gasteiger partial charge is 0.453 e. The summed E-state index contributed by atoms with van der Waals surface area (Å²) in [5, 5.41) is 0. The van der Waals surface area contributed by atoms with Gasteiger partial charge in [0.15, 0.2) is 11.5 Å². The van der Waals surface area contributed by atoms with Gasteiger partial charge in [0.05, 0.1) is 0 Å². The Morgan fingerprint density at radius 3 is 1.95 bits per heavy atom. The van der Waals surface area contributed by atoms with Gasteiger partial charge in [-0.1, -0.05) is 55.0 Å². The summed E-state index contributed by atoms with van der Waals surface area (Å²) in [5.74, 6) is 4.06. The van der Waals surface area contributed by atoms with Gasteiger partial charge in [0.1, 0.15) is 5.75 Å². The molecular formula is C30H24O8. The minimum Gasteiger partial charge on any atom is -0.453 e. The molecule has 0 aliphatic carbocycles. The fraction of sp³-hybridized carbons (Fsp3) is 0.100. The molecule has 0 aliphatic heterocycles. The van der Waals surface area contributed by atoms with Gasteiger partial charge in [-0.05, 0) is 54.4 Å². The van der Waals surface area contributed by atoms with E-state index in [1.165, 1.54) is 0 Å². The van der Waals surface area contributed by atoms with Crippen LogP contribution < -0.4 is 14.2 Å². The number of hydrogen-bond donors (Lipinski definition) is 0. The molecule has 0 bridgehead atoms. The zero-order valence-electron chi connectivity index (χ0n) is 20.6. The molecule has 0 atom stereocenters. The molecule has 0 fully saturated rings. The van der Waals surface area contributed by atoms with Crippen LogP contribution in [0.1, 0.15) is 11.1 Å². The van der Waals surface area contributed by atoms with Crippen molar-refractivity contribution >= 4 is 17.9 Å². The van der Waals surface area contributed by atoms with E-state index in [0.29, 0.717) is 11.3 Å². The number of benzene rings is 3. The van der Waals surface area contributed by atoms with Crippen LogP contribution in [0.5, 0.6) is 17.2 Å². The van der Waals surface area contributed by atoms with E-state index >= 15 is 0 Å². The van der Waals surface area contributed by atoms with Gasteiger partial charge in [-0.2, -0.15) is 0 Å². The number of carbonyl (C=O) groups excluding carboxylic acids is 3. The van der Waals surface area contributed by atoms with Crippen LogP contribution in [0.25, 0.3) is 11.1 Å². The fourth-order valence-electron chi connectivity index (χ4n) is 2.95. The lowest BCUT2D eigenvalue weighted by atomic mass is 10.1. The third-order valence-corrected chi connectivity index (χ3v) is 4.87. The van der Waals surface area contributed by atoms with Crippen LogP contribution in [0.3, 0.4) is 0 Å². The number of ether oxygens (including phenoxy) is 5. The SMILES string of the molecule is C=CC(=O)OCOc1ccc(-c2ccc(OC(=O)C#Cc3ccc(C)cc3)cc2)cc1OCOC(=O)C=C. The minimum atomic E-state index is -0.679. The number of hydrogen-bond acceptors (Lipinski definition) is 8. The summed E-state index contributed by atoms with van der Waals surface area (Å²) >= 11 is 0. The molecule has 8 nitrogen and oxygen atoms in total. The Kier molecular flexibility index (Phi) is 9.85. The molecule has 0 N–H and O–H groups in total. The lowest BCUT2D eigenvalue weighted by Gasteiger charge is -2.14. The molecule has 0 heterocycles. The van der Waals surface area contributed by atoms with Gasteiger partial charge in [-0.3, -0.25) is 0 Å². The van der Waals surface area contributed by atoms with Crippen LogP contribution >= 0.6 is 0 Å². The summed E-state index contributed by atoms with van der Waals surface area (Å²) in [5.41, 5.74) is 3.31. The topological polar surface area (TPSA) is 97.4 Å². The molecule has 0 spiro atoms. The number of esters is 3. The third-order valence-electron chi connectivity index (χ3n) is 4.87. The van der Waals surface area contributed by atoms with Gasteiger partial charge in [0, 0.05) is 23.6 Å². The molecule has 0 aromatic heterocycles. The molecule has 3 rings (SSSR count). The van der Waals surface area contributed by atoms with E-state index in [0.717, 1.165) is 28.8 Å². The smallest absolute Gasteiger partial charge is 0.390 e. The maximum Gasteiger partial charge on any atom is 0.390 e. The first-order valence-corrected chi connectivity index (χ1v) is 11.3. The predicted octanol–water partition coefficient (Wildman–Crippen LogP) is 4.75. The molecule has 192 valence electrons. The Morgan fingerprint density at radius 2 is 1.34 bits per heavy atom. The first kappa shape index (κ1) is 27.3. The Hall–Kier alpha value is -5.29. The molecule has 0 aliphatic rings. The van der Waals surface area contributed by atoms with Gasteiger partial charge in [0.2, 0.25) is 13.6 Å². The summed E-state index contributed by atoms with van der Waals surface area (Å²) in [6.07, 6.45) is 2.02. The molecule has 0 saturated carbocycles. The van der Waals surface area contributed by atoms with Crippen LogP contribution in [0.15, 0.2) is 92.0 Å². The minimum absolute atomic E-state index is 0.232. The van der Waals surface area contributed by atoms with Crippen molar-refractivity contribution < 1.29 is 38.1 Å². The molecule has 3 aromatic rings. The number of carbonyl (C=O) groups is 3. The Bertz CT molecular complexity index is 1380. The number of rotatable bonds is 10. The first-order chi connectivity index (χ1) is 18.4. The molecule has 0 amide bonds. The first-order valence-electron chi connectivity index (χ1n) is 11.3. The Labute approximate surface area is 220 Å². The summed E-state index contributed by atoms with van der Waals surface area (Å²) < 4.78 is 26.0. The standard InChI is InChI=1S/C30H24O8/c1-4-28(31)36-19-34-26-16-13-24(18-27(26)35-20-37-29(32)5-2)23-11-14-25(15-12-23)38-30(33)17-10-22-8-6-21(3)7-9-22/h4-9,11-16,18H,1-2,19-20H2,3H3. The van der Waals surface area contributed by atoms with E-state index in [4.69, 9.17) is 23.7 Å². The summed E-state index contributed by atoms with van der Waals surface area (Å²) in [7, 11) is 0. The average molecular weight is 513 g/mol. The highest BCUT2D eigenvalue weighted by Crippen LogP contribution is 2.33. The monoisotopic (exact) mass is 512 g/mol. The van der Waals surface area contributed by atoms with E-state index in [1.54, 1.807) is 42.5 Å². The molecule has 0 saturated heterocycles. The van der Waals surface area contributed by atoms with Gasteiger partial charge >= 0.3 is 17.9 Å². The second-order valence-electron chi connectivity index (χ2n) is 7.55. The van der Waals surface area contributed by atoms with E-state index < -0.39 is 24.7 Å². The van der Waals surface area contributed by atoms with Gasteiger partial charge in [-0.15, -0.1) is 0 Å². The highest BCUT2D eigenvalue weighted by atomic mass is 16.7. The van der Waals surface area contributed by atoms with Crippen molar-refractivity contribution in [3.05, 3.63) is 103 Å². The van der Waals surface area contributed by atoms with Crippen molar-refractivity contribution in [2.45, 2.75) is 6.92 Å². The molecule has 3 aromatic carbocycles. The summed E-state index contributed by atoms with van der Waals surface area (Å²) in [6.45, 7) is 7.84. The van der Waals surface area contributed by atoms with E-state index in [2.05, 4.69) is 25.0 Å². The van der Waals surface area contributed by atoms with Crippen LogP contribution in [0.2, 0.25) is 0 Å². The van der Waals surface area contributed by atoms with Crippen LogP contribution in [0, 0.1) is 18.8 Å². The van der Waals surface area contributed by atoms with Crippen molar-refractivity contribution in [1.82, 2.24) is 0 Å². The molecule has 38 heavy (non-hydrogen) atoms. The van der Waals surface area contributed by atoms with Crippen molar-refractivity contribution in [1.29, 1.82) is 0 Å². The molecule has 8 heteroatoms. The van der Waals surface area contributed by atoms with Crippen LogP contribution in [0.4, 0.5) is 0 Å². The van der Waals surface area contributed by atoms with Crippen molar-refractivity contribution in [3.8, 4) is 40.2 Å². The Balaban J connectivity index is 1.70. The predicted molar refractivity (Wildman–Crippen MR) is 139 cm³/mol.